The predicted molar refractivity (Wildman–Crippen MR) is 97.8 cm³/mol. The van der Waals surface area contributed by atoms with E-state index >= 15 is 0 Å². The number of piperidine rings is 1. The average molecular weight is 356 g/mol. The number of hydrogen-bond acceptors (Lipinski definition) is 4. The van der Waals surface area contributed by atoms with E-state index in [-0.39, 0.29) is 18.3 Å². The third kappa shape index (κ3) is 4.29. The van der Waals surface area contributed by atoms with Gasteiger partial charge in [-0.15, -0.1) is 12.4 Å². The van der Waals surface area contributed by atoms with E-state index in [1.165, 1.54) is 19.3 Å². The first-order chi connectivity index (χ1) is 11.2. The summed E-state index contributed by atoms with van der Waals surface area (Å²) in [6, 6.07) is 2.74. The lowest BCUT2D eigenvalue weighted by molar-refractivity contribution is 0.0747. The van der Waals surface area contributed by atoms with Crippen molar-refractivity contribution in [1.29, 1.82) is 0 Å². The minimum Gasteiger partial charge on any atom is -0.339 e. The van der Waals surface area contributed by atoms with Crippen LogP contribution in [0.2, 0.25) is 0 Å². The molecular formula is C17H30ClN5O. The van der Waals surface area contributed by atoms with Crippen LogP contribution in [0.15, 0.2) is 12.3 Å². The fourth-order valence-corrected chi connectivity index (χ4v) is 3.83. The number of carbonyl (C=O) groups is 1. The molecule has 2 aliphatic rings. The first-order valence-corrected chi connectivity index (χ1v) is 8.94. The van der Waals surface area contributed by atoms with Gasteiger partial charge in [0.25, 0.3) is 5.91 Å². The molecule has 24 heavy (non-hydrogen) atoms. The monoisotopic (exact) mass is 355 g/mol. The third-order valence-corrected chi connectivity index (χ3v) is 5.21. The number of likely N-dealkylation sites (N-methyl/N-ethyl adjacent to an activating group) is 2. The van der Waals surface area contributed by atoms with E-state index in [9.17, 15) is 4.79 Å². The summed E-state index contributed by atoms with van der Waals surface area (Å²) in [5, 5.41) is 7.93. The van der Waals surface area contributed by atoms with E-state index in [4.69, 9.17) is 0 Å². The highest BCUT2D eigenvalue weighted by atomic mass is 35.5. The van der Waals surface area contributed by atoms with Crippen molar-refractivity contribution < 1.29 is 4.79 Å². The highest BCUT2D eigenvalue weighted by Crippen LogP contribution is 2.19. The molecule has 0 aromatic carbocycles. The summed E-state index contributed by atoms with van der Waals surface area (Å²) in [5.41, 5.74) is 0.569. The molecule has 3 rings (SSSR count). The zero-order valence-electron chi connectivity index (χ0n) is 14.8. The molecule has 2 aliphatic heterocycles. The van der Waals surface area contributed by atoms with Crippen molar-refractivity contribution in [2.45, 2.75) is 44.7 Å². The minimum absolute atomic E-state index is 0. The van der Waals surface area contributed by atoms with Crippen LogP contribution in [0.5, 0.6) is 0 Å². The molecule has 2 saturated heterocycles. The van der Waals surface area contributed by atoms with E-state index in [0.717, 1.165) is 39.1 Å². The minimum atomic E-state index is 0. The van der Waals surface area contributed by atoms with Crippen LogP contribution in [0.3, 0.4) is 0 Å². The quantitative estimate of drug-likeness (QED) is 0.874. The maximum Gasteiger partial charge on any atom is 0.274 e. The van der Waals surface area contributed by atoms with E-state index in [1.54, 1.807) is 0 Å². The summed E-state index contributed by atoms with van der Waals surface area (Å²) in [5.74, 6) is 0.0375. The molecule has 1 amide bonds. The first-order valence-electron chi connectivity index (χ1n) is 8.94. The molecule has 1 aromatic heterocycles. The number of amides is 1. The molecule has 7 heteroatoms. The second-order valence-electron chi connectivity index (χ2n) is 6.79. The average Bonchev–Trinajstić information content (AvgIpc) is 3.24. The van der Waals surface area contributed by atoms with Gasteiger partial charge in [-0.1, -0.05) is 6.92 Å². The van der Waals surface area contributed by atoms with Gasteiger partial charge in [-0.3, -0.25) is 14.4 Å². The standard InChI is InChI=1S/C17H29N5O.ClH/c1-3-21-10-5-7-15(21)13-20(2)17(23)16-8-11-22(19-16)14-6-4-9-18-12-14;/h8,11,14-15,18H,3-7,9-10,12-13H2,1-2H3;1H. The van der Waals surface area contributed by atoms with Crippen LogP contribution in [0.1, 0.15) is 49.1 Å². The highest BCUT2D eigenvalue weighted by Gasteiger charge is 2.27. The molecule has 0 radical (unpaired) electrons. The van der Waals surface area contributed by atoms with Crippen LogP contribution in [0.4, 0.5) is 0 Å². The number of nitrogens with one attached hydrogen (secondary N) is 1. The van der Waals surface area contributed by atoms with Crippen LogP contribution in [0.25, 0.3) is 0 Å². The molecule has 1 N–H and O–H groups in total. The third-order valence-electron chi connectivity index (χ3n) is 5.21. The maximum absolute atomic E-state index is 12.6. The Morgan fingerprint density at radius 1 is 1.42 bits per heavy atom. The Balaban J connectivity index is 0.00000208. The van der Waals surface area contributed by atoms with E-state index in [1.807, 2.05) is 28.9 Å². The van der Waals surface area contributed by atoms with Gasteiger partial charge in [0.15, 0.2) is 0 Å². The van der Waals surface area contributed by atoms with Crippen molar-refractivity contribution >= 4 is 18.3 Å². The van der Waals surface area contributed by atoms with Gasteiger partial charge in [0.1, 0.15) is 5.69 Å². The van der Waals surface area contributed by atoms with Crippen LogP contribution < -0.4 is 5.32 Å². The van der Waals surface area contributed by atoms with Gasteiger partial charge in [0.2, 0.25) is 0 Å². The molecule has 0 saturated carbocycles. The topological polar surface area (TPSA) is 53.4 Å². The SMILES string of the molecule is CCN1CCCC1CN(C)C(=O)c1ccn(C2CCCNC2)n1.Cl. The summed E-state index contributed by atoms with van der Waals surface area (Å²) in [6.45, 7) is 7.24. The number of carbonyl (C=O) groups excluding carboxylic acids is 1. The Labute approximate surface area is 151 Å². The lowest BCUT2D eigenvalue weighted by Gasteiger charge is -2.27. The number of nitrogens with zero attached hydrogens (tertiary/aromatic N) is 4. The van der Waals surface area contributed by atoms with Crippen molar-refractivity contribution in [1.82, 2.24) is 24.9 Å². The van der Waals surface area contributed by atoms with Gasteiger partial charge >= 0.3 is 0 Å². The van der Waals surface area contributed by atoms with E-state index in [0.29, 0.717) is 17.8 Å². The second kappa shape index (κ2) is 8.83. The molecule has 3 heterocycles. The van der Waals surface area contributed by atoms with Crippen LogP contribution >= 0.6 is 12.4 Å². The summed E-state index contributed by atoms with van der Waals surface area (Å²) >= 11 is 0. The number of rotatable bonds is 5. The first kappa shape index (κ1) is 19.2. The molecule has 1 aromatic rings. The van der Waals surface area contributed by atoms with Crippen molar-refractivity contribution in [3.05, 3.63) is 18.0 Å². The molecular weight excluding hydrogens is 326 g/mol. The summed E-state index contributed by atoms with van der Waals surface area (Å²) < 4.78 is 1.96. The molecule has 2 fully saturated rings. The normalized spacial score (nSPS) is 24.6. The van der Waals surface area contributed by atoms with Gasteiger partial charge in [-0.05, 0) is 51.4 Å². The Morgan fingerprint density at radius 3 is 2.96 bits per heavy atom. The molecule has 6 nitrogen and oxygen atoms in total. The fraction of sp³-hybridized carbons (Fsp3) is 0.765. The zero-order chi connectivity index (χ0) is 16.2. The van der Waals surface area contributed by atoms with Gasteiger partial charge in [-0.2, -0.15) is 5.10 Å². The Morgan fingerprint density at radius 2 is 2.25 bits per heavy atom. The van der Waals surface area contributed by atoms with Crippen molar-refractivity contribution in [2.24, 2.45) is 0 Å². The summed E-state index contributed by atoms with van der Waals surface area (Å²) in [4.78, 5) is 16.9. The molecule has 0 spiro atoms. The van der Waals surface area contributed by atoms with Gasteiger partial charge in [0, 0.05) is 32.4 Å². The van der Waals surface area contributed by atoms with Gasteiger partial charge in [0.05, 0.1) is 6.04 Å². The highest BCUT2D eigenvalue weighted by molar-refractivity contribution is 5.92. The Hall–Kier alpha value is -1.11. The molecule has 2 unspecified atom stereocenters. The van der Waals surface area contributed by atoms with Crippen LogP contribution in [-0.4, -0.2) is 71.3 Å². The molecule has 136 valence electrons. The lowest BCUT2D eigenvalue weighted by Crippen LogP contribution is -2.41. The predicted octanol–water partition coefficient (Wildman–Crippen LogP) is 1.79. The van der Waals surface area contributed by atoms with E-state index < -0.39 is 0 Å². The lowest BCUT2D eigenvalue weighted by atomic mass is 10.1. The molecule has 0 bridgehead atoms. The fourth-order valence-electron chi connectivity index (χ4n) is 3.83. The van der Waals surface area contributed by atoms with Gasteiger partial charge < -0.3 is 10.2 Å². The largest absolute Gasteiger partial charge is 0.339 e. The smallest absolute Gasteiger partial charge is 0.274 e. The summed E-state index contributed by atoms with van der Waals surface area (Å²) in [7, 11) is 1.90. The van der Waals surface area contributed by atoms with Crippen molar-refractivity contribution in [2.75, 3.05) is 39.8 Å². The second-order valence-corrected chi connectivity index (χ2v) is 6.79. The van der Waals surface area contributed by atoms with Crippen LogP contribution in [0, 0.1) is 0 Å². The number of hydrogen-bond donors (Lipinski definition) is 1. The number of likely N-dealkylation sites (tertiary alicyclic amines) is 1. The Kier molecular flexibility index (Phi) is 7.07. The zero-order valence-corrected chi connectivity index (χ0v) is 15.6. The van der Waals surface area contributed by atoms with Crippen LogP contribution in [-0.2, 0) is 0 Å². The van der Waals surface area contributed by atoms with Gasteiger partial charge in [-0.25, -0.2) is 0 Å². The Bertz CT molecular complexity index is 529. The number of aromatic nitrogens is 2. The molecule has 2 atom stereocenters. The van der Waals surface area contributed by atoms with E-state index in [2.05, 4.69) is 22.2 Å². The molecule has 0 aliphatic carbocycles. The number of halogens is 1. The van der Waals surface area contributed by atoms with Crippen molar-refractivity contribution in [3.8, 4) is 0 Å². The summed E-state index contributed by atoms with van der Waals surface area (Å²) in [6.07, 6.45) is 6.68. The van der Waals surface area contributed by atoms with Crippen molar-refractivity contribution in [3.63, 3.8) is 0 Å². The maximum atomic E-state index is 12.6.